The quantitative estimate of drug-likeness (QED) is 0.472. The van der Waals surface area contributed by atoms with Crippen LogP contribution < -0.4 is 15.6 Å². The fourth-order valence-electron chi connectivity index (χ4n) is 2.82. The first-order valence-electron chi connectivity index (χ1n) is 10.3. The van der Waals surface area contributed by atoms with Crippen LogP contribution in [0, 0.1) is 6.92 Å². The van der Waals surface area contributed by atoms with Gasteiger partial charge in [-0.15, -0.1) is 0 Å². The van der Waals surface area contributed by atoms with E-state index in [9.17, 15) is 9.59 Å². The molecule has 0 aliphatic carbocycles. The lowest BCUT2D eigenvalue weighted by Crippen LogP contribution is -2.41. The van der Waals surface area contributed by atoms with Crippen LogP contribution in [0.3, 0.4) is 0 Å². The van der Waals surface area contributed by atoms with Gasteiger partial charge >= 0.3 is 0 Å². The number of carbonyl (C=O) groups is 2. The Bertz CT molecular complexity index is 1070. The topological polar surface area (TPSA) is 106 Å². The molecule has 9 heteroatoms. The molecular formula is C23H25ClN4O4. The van der Waals surface area contributed by atoms with Crippen molar-refractivity contribution in [2.75, 3.05) is 0 Å². The molecule has 0 radical (unpaired) electrons. The van der Waals surface area contributed by atoms with E-state index in [4.69, 9.17) is 20.9 Å². The van der Waals surface area contributed by atoms with E-state index in [2.05, 4.69) is 21.0 Å². The molecule has 0 fully saturated rings. The number of rotatable bonds is 9. The SMILES string of the molecule is CCCc1noc(CCC(=O)NNC(=O)c2ccc(COc3ccc(Cl)c(C)c3)cc2)n1. The first-order chi connectivity index (χ1) is 15.4. The van der Waals surface area contributed by atoms with Crippen LogP contribution in [0.5, 0.6) is 5.75 Å². The molecule has 0 aliphatic rings. The zero-order valence-electron chi connectivity index (χ0n) is 18.0. The van der Waals surface area contributed by atoms with Crippen molar-refractivity contribution >= 4 is 23.4 Å². The maximum atomic E-state index is 12.2. The third-order valence-electron chi connectivity index (χ3n) is 4.62. The van der Waals surface area contributed by atoms with Crippen molar-refractivity contribution in [3.05, 3.63) is 75.9 Å². The average Bonchev–Trinajstić information content (AvgIpc) is 3.25. The van der Waals surface area contributed by atoms with Crippen molar-refractivity contribution in [1.29, 1.82) is 0 Å². The number of aryl methyl sites for hydroxylation is 3. The van der Waals surface area contributed by atoms with E-state index in [1.54, 1.807) is 30.3 Å². The van der Waals surface area contributed by atoms with Crippen molar-refractivity contribution in [3.63, 3.8) is 0 Å². The molecule has 1 heterocycles. The first kappa shape index (κ1) is 23.3. The van der Waals surface area contributed by atoms with Gasteiger partial charge in [-0.05, 0) is 54.8 Å². The lowest BCUT2D eigenvalue weighted by molar-refractivity contribution is -0.121. The second kappa shape index (κ2) is 11.3. The molecule has 0 atom stereocenters. The van der Waals surface area contributed by atoms with Crippen molar-refractivity contribution in [1.82, 2.24) is 21.0 Å². The number of halogens is 1. The molecule has 0 saturated heterocycles. The smallest absolute Gasteiger partial charge is 0.269 e. The Hall–Kier alpha value is -3.39. The Morgan fingerprint density at radius 3 is 2.59 bits per heavy atom. The van der Waals surface area contributed by atoms with Crippen LogP contribution in [0.2, 0.25) is 5.02 Å². The van der Waals surface area contributed by atoms with Gasteiger partial charge in [0.05, 0.1) is 0 Å². The zero-order chi connectivity index (χ0) is 22.9. The summed E-state index contributed by atoms with van der Waals surface area (Å²) < 4.78 is 10.8. The highest BCUT2D eigenvalue weighted by Crippen LogP contribution is 2.21. The molecular weight excluding hydrogens is 432 g/mol. The predicted molar refractivity (Wildman–Crippen MR) is 119 cm³/mol. The summed E-state index contributed by atoms with van der Waals surface area (Å²) in [5.74, 6) is 0.993. The summed E-state index contributed by atoms with van der Waals surface area (Å²) in [6, 6.07) is 12.4. The first-order valence-corrected chi connectivity index (χ1v) is 10.7. The third-order valence-corrected chi connectivity index (χ3v) is 5.04. The average molecular weight is 457 g/mol. The van der Waals surface area contributed by atoms with Gasteiger partial charge in [-0.25, -0.2) is 0 Å². The van der Waals surface area contributed by atoms with Gasteiger partial charge in [0.25, 0.3) is 5.91 Å². The van der Waals surface area contributed by atoms with Gasteiger partial charge in [-0.2, -0.15) is 4.98 Å². The molecule has 0 aliphatic heterocycles. The third kappa shape index (κ3) is 6.81. The van der Waals surface area contributed by atoms with Gasteiger partial charge in [-0.3, -0.25) is 20.4 Å². The minimum atomic E-state index is -0.415. The fourth-order valence-corrected chi connectivity index (χ4v) is 2.94. The Kier molecular flexibility index (Phi) is 8.21. The molecule has 1 aromatic heterocycles. The van der Waals surface area contributed by atoms with E-state index in [0.29, 0.717) is 35.3 Å². The lowest BCUT2D eigenvalue weighted by Gasteiger charge is -2.09. The summed E-state index contributed by atoms with van der Waals surface area (Å²) in [6.45, 7) is 4.29. The van der Waals surface area contributed by atoms with Crippen LogP contribution in [-0.4, -0.2) is 22.0 Å². The fraction of sp³-hybridized carbons (Fsp3) is 0.304. The molecule has 3 rings (SSSR count). The van der Waals surface area contributed by atoms with Crippen LogP contribution in [0.15, 0.2) is 47.0 Å². The number of carbonyl (C=O) groups excluding carboxylic acids is 2. The Balaban J connectivity index is 1.41. The van der Waals surface area contributed by atoms with Crippen molar-refractivity contribution < 1.29 is 18.8 Å². The molecule has 2 amide bonds. The van der Waals surface area contributed by atoms with Crippen LogP contribution in [0.4, 0.5) is 0 Å². The summed E-state index contributed by atoms with van der Waals surface area (Å²) in [5, 5.41) is 4.53. The van der Waals surface area contributed by atoms with E-state index in [1.165, 1.54) is 0 Å². The second-order valence-electron chi connectivity index (χ2n) is 7.25. The molecule has 2 aromatic carbocycles. The van der Waals surface area contributed by atoms with Gasteiger partial charge in [-0.1, -0.05) is 35.8 Å². The van der Waals surface area contributed by atoms with E-state index >= 15 is 0 Å². The number of nitrogens with one attached hydrogen (secondary N) is 2. The van der Waals surface area contributed by atoms with Gasteiger partial charge in [0.1, 0.15) is 12.4 Å². The molecule has 32 heavy (non-hydrogen) atoms. The van der Waals surface area contributed by atoms with Crippen molar-refractivity contribution in [2.24, 2.45) is 0 Å². The predicted octanol–water partition coefficient (Wildman–Crippen LogP) is 3.96. The molecule has 0 saturated carbocycles. The van der Waals surface area contributed by atoms with E-state index in [1.807, 2.05) is 26.0 Å². The minimum absolute atomic E-state index is 0.120. The Labute approximate surface area is 191 Å². The van der Waals surface area contributed by atoms with Gasteiger partial charge in [0, 0.05) is 29.8 Å². The van der Waals surface area contributed by atoms with Crippen LogP contribution in [0.1, 0.15) is 53.0 Å². The molecule has 0 unspecified atom stereocenters. The largest absolute Gasteiger partial charge is 0.489 e. The lowest BCUT2D eigenvalue weighted by atomic mass is 10.1. The molecule has 8 nitrogen and oxygen atoms in total. The van der Waals surface area contributed by atoms with Crippen LogP contribution >= 0.6 is 11.6 Å². The highest BCUT2D eigenvalue weighted by molar-refractivity contribution is 6.31. The molecule has 0 spiro atoms. The van der Waals surface area contributed by atoms with Crippen LogP contribution in [0.25, 0.3) is 0 Å². The number of nitrogens with zero attached hydrogens (tertiary/aromatic N) is 2. The number of hydrazine groups is 1. The van der Waals surface area contributed by atoms with E-state index < -0.39 is 5.91 Å². The number of ether oxygens (including phenoxy) is 1. The minimum Gasteiger partial charge on any atom is -0.489 e. The summed E-state index contributed by atoms with van der Waals surface area (Å²) in [6.07, 6.45) is 2.08. The summed E-state index contributed by atoms with van der Waals surface area (Å²) in [4.78, 5) is 28.4. The second-order valence-corrected chi connectivity index (χ2v) is 7.66. The summed E-state index contributed by atoms with van der Waals surface area (Å²) in [7, 11) is 0. The number of amides is 2. The number of hydrogen-bond donors (Lipinski definition) is 2. The summed E-state index contributed by atoms with van der Waals surface area (Å²) in [5.41, 5.74) is 7.05. The molecule has 2 N–H and O–H groups in total. The monoisotopic (exact) mass is 456 g/mol. The molecule has 0 bridgehead atoms. The highest BCUT2D eigenvalue weighted by atomic mass is 35.5. The van der Waals surface area contributed by atoms with Gasteiger partial charge < -0.3 is 9.26 Å². The van der Waals surface area contributed by atoms with Crippen LogP contribution in [-0.2, 0) is 24.2 Å². The standard InChI is InChI=1S/C23H25ClN4O4/c1-3-4-20-25-22(32-28-20)12-11-21(29)26-27-23(30)17-7-5-16(6-8-17)14-31-18-9-10-19(24)15(2)13-18/h5-10,13H,3-4,11-12,14H2,1-2H3,(H,26,29)(H,27,30). The van der Waals surface area contributed by atoms with Gasteiger partial charge in [0.2, 0.25) is 11.8 Å². The highest BCUT2D eigenvalue weighted by Gasteiger charge is 2.11. The summed E-state index contributed by atoms with van der Waals surface area (Å²) >= 11 is 6.02. The van der Waals surface area contributed by atoms with Gasteiger partial charge in [0.15, 0.2) is 5.82 Å². The normalized spacial score (nSPS) is 10.6. The van der Waals surface area contributed by atoms with Crippen molar-refractivity contribution in [2.45, 2.75) is 46.1 Å². The number of aromatic nitrogens is 2. The van der Waals surface area contributed by atoms with Crippen molar-refractivity contribution in [3.8, 4) is 5.75 Å². The Morgan fingerprint density at radius 1 is 1.09 bits per heavy atom. The van der Waals surface area contributed by atoms with E-state index in [0.717, 1.165) is 29.7 Å². The Morgan fingerprint density at radius 2 is 1.88 bits per heavy atom. The maximum absolute atomic E-state index is 12.2. The maximum Gasteiger partial charge on any atom is 0.269 e. The molecule has 3 aromatic rings. The molecule has 168 valence electrons. The zero-order valence-corrected chi connectivity index (χ0v) is 18.7. The van der Waals surface area contributed by atoms with E-state index in [-0.39, 0.29) is 12.3 Å². The number of hydrogen-bond acceptors (Lipinski definition) is 6. The number of benzene rings is 2.